The van der Waals surface area contributed by atoms with Crippen molar-refractivity contribution in [3.05, 3.63) is 53.6 Å². The lowest BCUT2D eigenvalue weighted by Crippen LogP contribution is -2.34. The fourth-order valence-electron chi connectivity index (χ4n) is 4.94. The van der Waals surface area contributed by atoms with Gasteiger partial charge in [0, 0.05) is 37.4 Å². The van der Waals surface area contributed by atoms with Crippen LogP contribution in [-0.2, 0) is 0 Å². The summed E-state index contributed by atoms with van der Waals surface area (Å²) in [6.45, 7) is 4.06. The Morgan fingerprint density at radius 3 is 2.10 bits per heavy atom. The van der Waals surface area contributed by atoms with Gasteiger partial charge in [-0.25, -0.2) is 5.43 Å². The number of amides is 1. The van der Waals surface area contributed by atoms with Gasteiger partial charge < -0.3 is 24.6 Å². The van der Waals surface area contributed by atoms with Gasteiger partial charge in [0.25, 0.3) is 5.91 Å². The molecule has 0 saturated carbocycles. The molecule has 3 aliphatic rings. The van der Waals surface area contributed by atoms with Crippen LogP contribution in [0, 0.1) is 0 Å². The van der Waals surface area contributed by atoms with Gasteiger partial charge in [0.1, 0.15) is 0 Å². The Balaban J connectivity index is 1.12. The van der Waals surface area contributed by atoms with Gasteiger partial charge >= 0.3 is 0 Å². The van der Waals surface area contributed by atoms with E-state index in [9.17, 15) is 4.79 Å². The van der Waals surface area contributed by atoms with Gasteiger partial charge in [-0.05, 0) is 86.6 Å². The first kappa shape index (κ1) is 24.9. The zero-order valence-corrected chi connectivity index (χ0v) is 21.8. The number of piperidine rings is 2. The smallest absolute Gasteiger partial charge is 0.271 e. The van der Waals surface area contributed by atoms with Gasteiger partial charge in [-0.1, -0.05) is 0 Å². The fourth-order valence-corrected chi connectivity index (χ4v) is 4.94. The van der Waals surface area contributed by atoms with Crippen LogP contribution in [0.2, 0.25) is 0 Å². The van der Waals surface area contributed by atoms with E-state index >= 15 is 0 Å². The number of rotatable bonds is 7. The van der Waals surface area contributed by atoms with Gasteiger partial charge in [0.05, 0.1) is 6.21 Å². The largest absolute Gasteiger partial charge is 0.454 e. The number of carbonyl (C=O) groups is 1. The lowest BCUT2D eigenvalue weighted by Gasteiger charge is -2.30. The normalized spacial score (nSPS) is 16.9. The monoisotopic (exact) mass is 528 g/mol. The van der Waals surface area contributed by atoms with Crippen LogP contribution in [0.15, 0.2) is 47.6 Å². The van der Waals surface area contributed by atoms with E-state index < -0.39 is 0 Å². The van der Waals surface area contributed by atoms with Crippen LogP contribution in [0.4, 0.5) is 23.5 Å². The van der Waals surface area contributed by atoms with Gasteiger partial charge in [-0.15, -0.1) is 0 Å². The second-order valence-electron chi connectivity index (χ2n) is 9.87. The molecular weight excluding hydrogens is 496 g/mol. The van der Waals surface area contributed by atoms with Crippen LogP contribution in [-0.4, -0.2) is 60.0 Å². The molecule has 1 amide bonds. The highest BCUT2D eigenvalue weighted by atomic mass is 16.7. The molecule has 11 nitrogen and oxygen atoms in total. The third kappa shape index (κ3) is 6.02. The minimum absolute atomic E-state index is 0.212. The summed E-state index contributed by atoms with van der Waals surface area (Å²) in [6.07, 6.45) is 8.66. The van der Waals surface area contributed by atoms with E-state index in [1.54, 1.807) is 18.3 Å². The van der Waals surface area contributed by atoms with Crippen molar-refractivity contribution in [2.45, 2.75) is 38.5 Å². The molecule has 0 spiro atoms. The van der Waals surface area contributed by atoms with Crippen LogP contribution >= 0.6 is 0 Å². The van der Waals surface area contributed by atoms with E-state index in [0.29, 0.717) is 23.0 Å². The number of carbonyl (C=O) groups excluding carboxylic acids is 1. The Kier molecular flexibility index (Phi) is 7.37. The summed E-state index contributed by atoms with van der Waals surface area (Å²) >= 11 is 0. The molecule has 3 aliphatic heterocycles. The molecule has 0 unspecified atom stereocenters. The maximum atomic E-state index is 12.6. The Labute approximate surface area is 227 Å². The van der Waals surface area contributed by atoms with Crippen LogP contribution in [0.3, 0.4) is 0 Å². The van der Waals surface area contributed by atoms with Crippen LogP contribution in [0.25, 0.3) is 0 Å². The Hall–Kier alpha value is -4.41. The topological polar surface area (TPSA) is 117 Å². The lowest BCUT2D eigenvalue weighted by atomic mass is 10.1. The number of fused-ring (bicyclic) bond motifs is 1. The number of benzene rings is 2. The molecule has 11 heteroatoms. The number of hydrazone groups is 1. The Morgan fingerprint density at radius 1 is 0.795 bits per heavy atom. The number of hydrogen-bond donors (Lipinski definition) is 2. The van der Waals surface area contributed by atoms with Crippen LogP contribution in [0.1, 0.15) is 54.4 Å². The van der Waals surface area contributed by atoms with Crippen molar-refractivity contribution in [3.8, 4) is 11.5 Å². The lowest BCUT2D eigenvalue weighted by molar-refractivity contribution is 0.0955. The van der Waals surface area contributed by atoms with Crippen LogP contribution in [0.5, 0.6) is 11.5 Å². The third-order valence-corrected chi connectivity index (χ3v) is 7.07. The van der Waals surface area contributed by atoms with Crippen molar-refractivity contribution in [3.63, 3.8) is 0 Å². The molecule has 3 aromatic rings. The highest BCUT2D eigenvalue weighted by Crippen LogP contribution is 2.32. The number of ether oxygens (including phenoxy) is 2. The minimum atomic E-state index is -0.307. The average molecular weight is 529 g/mol. The standard InChI is InChI=1S/C28H32N8O3/c37-25(34-29-18-20-7-12-23-24(17-20)39-19-38-23)21-8-10-22(11-9-21)30-26-31-27(35-13-3-1-4-14-35)33-28(32-26)36-15-5-2-6-16-36/h7-12,17-18H,1-6,13-16,19H2,(H,34,37)(H,30,31,32,33)/b29-18+. The number of anilines is 4. The van der Waals surface area contributed by atoms with E-state index in [4.69, 9.17) is 24.4 Å². The molecule has 4 heterocycles. The van der Waals surface area contributed by atoms with E-state index in [0.717, 1.165) is 75.0 Å². The van der Waals surface area contributed by atoms with Crippen molar-refractivity contribution in [1.82, 2.24) is 20.4 Å². The Bertz CT molecular complexity index is 1300. The van der Waals surface area contributed by atoms with Gasteiger partial charge in [-0.3, -0.25) is 4.79 Å². The molecule has 6 rings (SSSR count). The third-order valence-electron chi connectivity index (χ3n) is 7.07. The highest BCUT2D eigenvalue weighted by Gasteiger charge is 2.20. The Morgan fingerprint density at radius 2 is 1.44 bits per heavy atom. The average Bonchev–Trinajstić information content (AvgIpc) is 3.46. The summed E-state index contributed by atoms with van der Waals surface area (Å²) in [4.78, 5) is 31.4. The number of hydrogen-bond acceptors (Lipinski definition) is 10. The van der Waals surface area contributed by atoms with Crippen molar-refractivity contribution in [2.75, 3.05) is 48.1 Å². The molecule has 2 N–H and O–H groups in total. The quantitative estimate of drug-likeness (QED) is 0.345. The van der Waals surface area contributed by atoms with Crippen molar-refractivity contribution in [2.24, 2.45) is 5.10 Å². The summed E-state index contributed by atoms with van der Waals surface area (Å²) in [5, 5.41) is 7.38. The second-order valence-corrected chi connectivity index (χ2v) is 9.87. The first-order chi connectivity index (χ1) is 19.2. The maximum Gasteiger partial charge on any atom is 0.271 e. The zero-order chi connectivity index (χ0) is 26.4. The molecular formula is C28H32N8O3. The van der Waals surface area contributed by atoms with E-state index in [2.05, 4.69) is 25.6 Å². The molecule has 0 radical (unpaired) electrons. The van der Waals surface area contributed by atoms with Crippen molar-refractivity contribution >= 4 is 35.7 Å². The summed E-state index contributed by atoms with van der Waals surface area (Å²) < 4.78 is 10.7. The van der Waals surface area contributed by atoms with E-state index in [1.165, 1.54) is 12.8 Å². The summed E-state index contributed by atoms with van der Waals surface area (Å²) in [6, 6.07) is 12.6. The van der Waals surface area contributed by atoms with Gasteiger partial charge in [0.15, 0.2) is 11.5 Å². The van der Waals surface area contributed by atoms with Crippen molar-refractivity contribution in [1.29, 1.82) is 0 Å². The molecule has 39 heavy (non-hydrogen) atoms. The molecule has 0 atom stereocenters. The summed E-state index contributed by atoms with van der Waals surface area (Å²) in [5.74, 6) is 3.02. The first-order valence-electron chi connectivity index (χ1n) is 13.6. The second kappa shape index (κ2) is 11.5. The van der Waals surface area contributed by atoms with Gasteiger partial charge in [-0.2, -0.15) is 20.1 Å². The molecule has 2 aromatic carbocycles. The van der Waals surface area contributed by atoms with Crippen LogP contribution < -0.4 is 30.0 Å². The highest BCUT2D eigenvalue weighted by molar-refractivity contribution is 5.95. The molecule has 1 aromatic heterocycles. The summed E-state index contributed by atoms with van der Waals surface area (Å²) in [7, 11) is 0. The molecule has 202 valence electrons. The van der Waals surface area contributed by atoms with Gasteiger partial charge in [0.2, 0.25) is 24.6 Å². The molecule has 2 saturated heterocycles. The number of nitrogens with one attached hydrogen (secondary N) is 2. The molecule has 2 fully saturated rings. The SMILES string of the molecule is O=C(N/N=C/c1ccc2c(c1)OCO2)c1ccc(Nc2nc(N3CCCCC3)nc(N3CCCCC3)n2)cc1. The maximum absolute atomic E-state index is 12.6. The minimum Gasteiger partial charge on any atom is -0.454 e. The van der Waals surface area contributed by atoms with Crippen molar-refractivity contribution < 1.29 is 14.3 Å². The number of nitrogens with zero attached hydrogens (tertiary/aromatic N) is 6. The van der Waals surface area contributed by atoms with E-state index in [-0.39, 0.29) is 12.7 Å². The number of aromatic nitrogens is 3. The predicted octanol–water partition coefficient (Wildman–Crippen LogP) is 4.09. The summed E-state index contributed by atoms with van der Waals surface area (Å²) in [5.41, 5.74) is 4.64. The molecule has 0 aliphatic carbocycles. The van der Waals surface area contributed by atoms with E-state index in [1.807, 2.05) is 30.3 Å². The predicted molar refractivity (Wildman–Crippen MR) is 149 cm³/mol. The zero-order valence-electron chi connectivity index (χ0n) is 21.8. The molecule has 0 bridgehead atoms. The first-order valence-corrected chi connectivity index (χ1v) is 13.6. The fraction of sp³-hybridized carbons (Fsp3) is 0.393.